The van der Waals surface area contributed by atoms with Crippen LogP contribution < -0.4 is 20.1 Å². The summed E-state index contributed by atoms with van der Waals surface area (Å²) in [4.78, 5) is 48.7. The number of hydrogen-bond acceptors (Lipinski definition) is 20. The molecule has 4 aromatic carbocycles. The normalized spacial score (nSPS) is 21.0. The van der Waals surface area contributed by atoms with E-state index in [1.165, 1.54) is 0 Å². The standard InChI is InChI=1S/C29H40N2O7.C27H40N2O5.C7H11NO5P2/c1-20(2)18-37-31(16-22-9-11-23(34-3)12-10-22)17-26(32)25(15-21-7-5-4-6-8-21)30-29(33)38-27-19-36-28-24(27)13-14-35-28;1-20(2)19-33-29(17-22-12-14-23(32-6)15-13-22)18-25(30)24(16-21-10-8-7-9-11-21)28-26(31)34-27(3,4)5;9-7(13-15-8-14)12-5-3-11-6-4(5)1-2-10-6/h4-12,20,24-28,32H,13-19H2,1-3H3,(H,30,33);7-15,20,24-25,30H,16-19H2,1-6H3,(H,28,31);4-6H,1-3,14H2. The van der Waals surface area contributed by atoms with Gasteiger partial charge in [0.15, 0.2) is 12.6 Å². The van der Waals surface area contributed by atoms with Crippen LogP contribution in [-0.4, -0.2) is 160 Å². The molecule has 4 saturated heterocycles. The Hall–Kier alpha value is -5.58. The van der Waals surface area contributed by atoms with Gasteiger partial charge in [-0.1, -0.05) is 113 Å². The number of carbonyl (C=O) groups excluding carboxylic acids is 3. The molecule has 0 aliphatic carbocycles. The highest BCUT2D eigenvalue weighted by Crippen LogP contribution is 2.34. The van der Waals surface area contributed by atoms with E-state index in [9.17, 15) is 24.6 Å². The fourth-order valence-corrected chi connectivity index (χ4v) is 10.1. The van der Waals surface area contributed by atoms with Crippen molar-refractivity contribution in [3.63, 3.8) is 0 Å². The van der Waals surface area contributed by atoms with E-state index in [-0.39, 0.29) is 58.3 Å². The topological polar surface area (TPSA) is 245 Å². The van der Waals surface area contributed by atoms with Crippen LogP contribution in [0.2, 0.25) is 0 Å². The quantitative estimate of drug-likeness (QED) is 0.0188. The molecular formula is C63H91N5O17P2. The summed E-state index contributed by atoms with van der Waals surface area (Å²) in [5.41, 5.74) is 3.41. The summed E-state index contributed by atoms with van der Waals surface area (Å²) in [6, 6.07) is 33.8. The van der Waals surface area contributed by atoms with Crippen LogP contribution in [0.25, 0.3) is 0 Å². The number of carbonyl (C=O) groups is 3. The van der Waals surface area contributed by atoms with Crippen molar-refractivity contribution in [3.05, 3.63) is 131 Å². The molecule has 4 N–H and O–H groups in total. The highest BCUT2D eigenvalue weighted by Gasteiger charge is 2.45. The lowest BCUT2D eigenvalue weighted by Crippen LogP contribution is -2.50. The Morgan fingerprint density at radius 1 is 0.621 bits per heavy atom. The first-order valence-electron chi connectivity index (χ1n) is 29.6. The molecule has 0 aromatic heterocycles. The highest BCUT2D eigenvalue weighted by molar-refractivity contribution is 7.31. The van der Waals surface area contributed by atoms with Crippen molar-refractivity contribution in [2.75, 3.05) is 67.0 Å². The number of amides is 2. The molecule has 4 fully saturated rings. The average Bonchev–Trinajstić information content (AvgIpc) is 2.59. The lowest BCUT2D eigenvalue weighted by Gasteiger charge is -2.31. The third kappa shape index (κ3) is 25.4. The van der Waals surface area contributed by atoms with Gasteiger partial charge in [-0.25, -0.2) is 18.9 Å². The van der Waals surface area contributed by atoms with Crippen LogP contribution in [0, 0.1) is 23.7 Å². The summed E-state index contributed by atoms with van der Waals surface area (Å²) in [7, 11) is 5.57. The molecule has 24 heteroatoms. The van der Waals surface area contributed by atoms with Crippen LogP contribution >= 0.6 is 18.0 Å². The van der Waals surface area contributed by atoms with E-state index >= 15 is 0 Å². The van der Waals surface area contributed by atoms with Gasteiger partial charge in [-0.05, 0) is 114 Å². The molecule has 8 rings (SSSR count). The fourth-order valence-electron chi connectivity index (χ4n) is 9.76. The van der Waals surface area contributed by atoms with E-state index in [0.717, 1.165) is 46.6 Å². The Bertz CT molecular complexity index is 2640. The van der Waals surface area contributed by atoms with Crippen LogP contribution in [0.3, 0.4) is 0 Å². The molecule has 2 amide bonds. The van der Waals surface area contributed by atoms with E-state index in [2.05, 4.69) is 56.8 Å². The lowest BCUT2D eigenvalue weighted by molar-refractivity contribution is -0.189. The number of benzene rings is 4. The number of nitrogens with one attached hydrogen (secondary N) is 2. The molecule has 4 aliphatic heterocycles. The fraction of sp³-hybridized carbons (Fsp3) is 0.571. The summed E-state index contributed by atoms with van der Waals surface area (Å²) in [5.74, 6) is 2.39. The van der Waals surface area contributed by atoms with Crippen molar-refractivity contribution in [2.45, 2.75) is 142 Å². The summed E-state index contributed by atoms with van der Waals surface area (Å²) >= 11 is 0. The Balaban J connectivity index is 0.000000226. The van der Waals surface area contributed by atoms with E-state index in [1.807, 2.05) is 130 Å². The number of rotatable bonds is 27. The third-order valence-corrected chi connectivity index (χ3v) is 14.8. The number of hydrogen-bond donors (Lipinski definition) is 4. The van der Waals surface area contributed by atoms with Gasteiger partial charge in [0, 0.05) is 13.1 Å². The molecule has 0 radical (unpaired) electrons. The maximum atomic E-state index is 12.9. The molecule has 11 unspecified atom stereocenters. The van der Waals surface area contributed by atoms with Crippen LogP contribution in [0.15, 0.2) is 114 Å². The second kappa shape index (κ2) is 36.8. The number of aliphatic hydroxyl groups excluding tert-OH is 2. The maximum Gasteiger partial charge on any atom is 0.518 e. The largest absolute Gasteiger partial charge is 0.518 e. The molecule has 22 nitrogen and oxygen atoms in total. The first-order valence-corrected chi connectivity index (χ1v) is 30.9. The third-order valence-electron chi connectivity index (χ3n) is 14.2. The number of nitrogens with zero attached hydrogens (tertiary/aromatic N) is 3. The first kappa shape index (κ1) is 70.5. The van der Waals surface area contributed by atoms with E-state index in [1.54, 1.807) is 24.3 Å². The van der Waals surface area contributed by atoms with Crippen molar-refractivity contribution in [3.8, 4) is 11.5 Å². The summed E-state index contributed by atoms with van der Waals surface area (Å²) in [6.45, 7) is 18.1. The molecule has 4 aliphatic rings. The van der Waals surface area contributed by atoms with Crippen LogP contribution in [0.4, 0.5) is 14.4 Å². The Labute approximate surface area is 516 Å². The molecule has 0 spiro atoms. The summed E-state index contributed by atoms with van der Waals surface area (Å²) < 4.78 is 56.6. The van der Waals surface area contributed by atoms with E-state index in [4.69, 9.17) is 52.3 Å². The minimum absolute atomic E-state index is 0.0441. The Morgan fingerprint density at radius 2 is 1.05 bits per heavy atom. The van der Waals surface area contributed by atoms with Crippen molar-refractivity contribution < 1.29 is 81.4 Å². The van der Waals surface area contributed by atoms with Crippen molar-refractivity contribution in [1.29, 1.82) is 0 Å². The van der Waals surface area contributed by atoms with Crippen molar-refractivity contribution in [1.82, 2.24) is 20.8 Å². The van der Waals surface area contributed by atoms with Crippen molar-refractivity contribution in [2.24, 2.45) is 28.2 Å². The van der Waals surface area contributed by atoms with Gasteiger partial charge in [-0.3, -0.25) is 9.68 Å². The maximum absolute atomic E-state index is 12.9. The molecule has 480 valence electrons. The Kier molecular flexibility index (Phi) is 29.8. The highest BCUT2D eigenvalue weighted by atomic mass is 31.1. The minimum atomic E-state index is -0.921. The zero-order valence-corrected chi connectivity index (χ0v) is 53.7. The smallest absolute Gasteiger partial charge is 0.497 e. The molecule has 0 saturated carbocycles. The number of fused-ring (bicyclic) bond motifs is 2. The van der Waals surface area contributed by atoms with Crippen LogP contribution in [0.1, 0.15) is 83.6 Å². The predicted molar refractivity (Wildman–Crippen MR) is 329 cm³/mol. The number of hydroxylamine groups is 4. The minimum Gasteiger partial charge on any atom is -0.497 e. The van der Waals surface area contributed by atoms with Gasteiger partial charge in [0.2, 0.25) is 0 Å². The molecule has 11 atom stereocenters. The number of methoxy groups -OCH3 is 2. The monoisotopic (exact) mass is 1250 g/mol. The Morgan fingerprint density at radius 3 is 1.45 bits per heavy atom. The van der Waals surface area contributed by atoms with Gasteiger partial charge in [-0.15, -0.1) is 0 Å². The SMILES string of the molecule is COc1ccc(CN(CC(O)C(Cc2ccccc2)NC(=O)OC(C)(C)C)OCC(C)C)cc1.COc1ccc(CN(CC(O)C(Cc2ccccc2)NC(=O)OC2COC3OCCC23)OCC(C)C)cc1.O=C(OP=NP)OC1COC2OCCC12. The van der Waals surface area contributed by atoms with Gasteiger partial charge in [0.05, 0.1) is 103 Å². The number of aliphatic hydroxyl groups is 2. The predicted octanol–water partition coefficient (Wildman–Crippen LogP) is 9.86. The molecular weight excluding hydrogens is 1160 g/mol. The molecule has 4 heterocycles. The number of ether oxygens (including phenoxy) is 9. The van der Waals surface area contributed by atoms with Crippen molar-refractivity contribution >= 4 is 36.3 Å². The number of alkyl carbamates (subject to hydrolysis) is 2. The van der Waals surface area contributed by atoms with Gasteiger partial charge >= 0.3 is 18.3 Å². The molecule has 0 bridgehead atoms. The second-order valence-electron chi connectivity index (χ2n) is 23.4. The first-order chi connectivity index (χ1) is 41.8. The lowest BCUT2D eigenvalue weighted by atomic mass is 10.0. The molecule has 4 aromatic rings. The van der Waals surface area contributed by atoms with Gasteiger partial charge in [0.1, 0.15) is 29.3 Å². The summed E-state index contributed by atoms with van der Waals surface area (Å²) in [6.07, 6.45) is -2.25. The zero-order valence-electron chi connectivity index (χ0n) is 51.6. The van der Waals surface area contributed by atoms with Crippen LogP contribution in [-0.2, 0) is 73.3 Å². The van der Waals surface area contributed by atoms with E-state index in [0.29, 0.717) is 77.4 Å². The van der Waals surface area contributed by atoms with Gasteiger partial charge < -0.3 is 68.0 Å². The average molecular weight is 1250 g/mol. The second-order valence-corrected chi connectivity index (χ2v) is 24.7. The summed E-state index contributed by atoms with van der Waals surface area (Å²) in [5, 5.41) is 31.9. The van der Waals surface area contributed by atoms with E-state index < -0.39 is 48.2 Å². The van der Waals surface area contributed by atoms with Gasteiger partial charge in [-0.2, -0.15) is 10.1 Å². The molecule has 87 heavy (non-hydrogen) atoms. The van der Waals surface area contributed by atoms with Gasteiger partial charge in [0.25, 0.3) is 8.60 Å². The zero-order chi connectivity index (χ0) is 62.7. The van der Waals surface area contributed by atoms with Crippen LogP contribution in [0.5, 0.6) is 11.5 Å².